The first-order chi connectivity index (χ1) is 10.7. The van der Waals surface area contributed by atoms with Gasteiger partial charge in [-0.3, -0.25) is 4.79 Å². The molecule has 2 bridgehead atoms. The first-order valence-corrected chi connectivity index (χ1v) is 9.63. The van der Waals surface area contributed by atoms with E-state index in [9.17, 15) is 4.79 Å². The number of epoxide rings is 1. The van der Waals surface area contributed by atoms with Crippen molar-refractivity contribution in [3.63, 3.8) is 0 Å². The molecular weight excluding hydrogens is 300 g/mol. The summed E-state index contributed by atoms with van der Waals surface area (Å²) >= 11 is 2.04. The van der Waals surface area contributed by atoms with Gasteiger partial charge in [0.2, 0.25) is 0 Å². The van der Waals surface area contributed by atoms with Gasteiger partial charge in [0.15, 0.2) is 0 Å². The molecule has 0 saturated carbocycles. The van der Waals surface area contributed by atoms with Crippen LogP contribution in [0, 0.1) is 11.8 Å². The van der Waals surface area contributed by atoms with E-state index in [4.69, 9.17) is 14.6 Å². The quantitative estimate of drug-likeness (QED) is 0.380. The van der Waals surface area contributed by atoms with Crippen molar-refractivity contribution < 1.29 is 19.4 Å². The third-order valence-electron chi connectivity index (χ3n) is 4.91. The Morgan fingerprint density at radius 1 is 1.14 bits per heavy atom. The molecule has 3 aliphatic heterocycles. The standard InChI is InChI=1S/C17H26O4S/c1-2-9-22-10-12-11(7-5-3-4-6-8-13(18)19)14-16-17(21-16)15(12)20-14/h3,5,11-12,14-17H,2,4,6-10H2,1H3,(H,18,19)/t11-,12+,14+,15-,16+,17-/m1/s1. The maximum absolute atomic E-state index is 10.5. The van der Waals surface area contributed by atoms with E-state index < -0.39 is 5.97 Å². The highest BCUT2D eigenvalue weighted by atomic mass is 32.2. The van der Waals surface area contributed by atoms with Gasteiger partial charge in [-0.2, -0.15) is 11.8 Å². The van der Waals surface area contributed by atoms with E-state index >= 15 is 0 Å². The van der Waals surface area contributed by atoms with Crippen LogP contribution in [0.15, 0.2) is 12.2 Å². The summed E-state index contributed by atoms with van der Waals surface area (Å²) in [5, 5.41) is 8.63. The van der Waals surface area contributed by atoms with Gasteiger partial charge in [0.25, 0.3) is 0 Å². The van der Waals surface area contributed by atoms with Crippen LogP contribution in [0.1, 0.15) is 39.0 Å². The number of hydrogen-bond donors (Lipinski definition) is 1. The second kappa shape index (κ2) is 7.37. The molecule has 0 unspecified atom stereocenters. The zero-order valence-electron chi connectivity index (χ0n) is 13.1. The zero-order chi connectivity index (χ0) is 15.5. The van der Waals surface area contributed by atoms with E-state index in [0.29, 0.717) is 36.3 Å². The number of aliphatic carboxylic acids is 1. The van der Waals surface area contributed by atoms with Gasteiger partial charge in [0.05, 0.1) is 12.2 Å². The molecule has 0 aromatic heterocycles. The first kappa shape index (κ1) is 16.3. The summed E-state index contributed by atoms with van der Waals surface area (Å²) in [5.41, 5.74) is 0. The SMILES string of the molecule is CCCSC[C@H]1[C@@H](CC=CCCCC(=O)O)[C@@H]2O[C@H]1[C@H]1O[C@H]12. The van der Waals surface area contributed by atoms with E-state index in [1.54, 1.807) is 0 Å². The van der Waals surface area contributed by atoms with Crippen molar-refractivity contribution >= 4 is 17.7 Å². The van der Waals surface area contributed by atoms with Crippen LogP contribution in [-0.4, -0.2) is 47.0 Å². The first-order valence-electron chi connectivity index (χ1n) is 8.47. The molecular formula is C17H26O4S. The van der Waals surface area contributed by atoms with Gasteiger partial charge >= 0.3 is 5.97 Å². The van der Waals surface area contributed by atoms with E-state index in [1.165, 1.54) is 17.9 Å². The summed E-state index contributed by atoms with van der Waals surface area (Å²) in [4.78, 5) is 10.5. The van der Waals surface area contributed by atoms with Crippen molar-refractivity contribution in [3.8, 4) is 0 Å². The molecule has 4 nitrogen and oxygen atoms in total. The van der Waals surface area contributed by atoms with Crippen LogP contribution < -0.4 is 0 Å². The molecule has 1 N–H and O–H groups in total. The number of hydrogen-bond acceptors (Lipinski definition) is 4. The summed E-state index contributed by atoms with van der Waals surface area (Å²) in [5.74, 6) is 2.89. The minimum atomic E-state index is -0.708. The lowest BCUT2D eigenvalue weighted by molar-refractivity contribution is -0.137. The Labute approximate surface area is 136 Å². The normalized spacial score (nSPS) is 38.6. The lowest BCUT2D eigenvalue weighted by Crippen LogP contribution is -2.34. The molecule has 6 atom stereocenters. The maximum atomic E-state index is 10.5. The predicted molar refractivity (Wildman–Crippen MR) is 87.2 cm³/mol. The van der Waals surface area contributed by atoms with Crippen molar-refractivity contribution in [2.45, 2.75) is 63.4 Å². The molecule has 3 aliphatic rings. The minimum absolute atomic E-state index is 0.259. The van der Waals surface area contributed by atoms with Crippen LogP contribution >= 0.6 is 11.8 Å². The summed E-state index contributed by atoms with van der Waals surface area (Å²) in [6, 6.07) is 0. The number of carbonyl (C=O) groups is 1. The van der Waals surface area contributed by atoms with Gasteiger partial charge in [-0.1, -0.05) is 19.1 Å². The molecule has 0 aromatic carbocycles. The molecule has 0 spiro atoms. The topological polar surface area (TPSA) is 59.1 Å². The number of unbranched alkanes of at least 4 members (excludes halogenated alkanes) is 1. The van der Waals surface area contributed by atoms with Crippen molar-refractivity contribution in [1.29, 1.82) is 0 Å². The number of thioether (sulfide) groups is 1. The lowest BCUT2D eigenvalue weighted by atomic mass is 9.78. The van der Waals surface area contributed by atoms with Crippen molar-refractivity contribution in [1.82, 2.24) is 0 Å². The van der Waals surface area contributed by atoms with Crippen molar-refractivity contribution in [2.75, 3.05) is 11.5 Å². The fourth-order valence-electron chi connectivity index (χ4n) is 3.81. The number of rotatable bonds is 10. The van der Waals surface area contributed by atoms with Crippen LogP contribution in [0.3, 0.4) is 0 Å². The third-order valence-corrected chi connectivity index (χ3v) is 6.23. The fraction of sp³-hybridized carbons (Fsp3) is 0.824. The highest BCUT2D eigenvalue weighted by molar-refractivity contribution is 7.99. The molecule has 3 saturated heterocycles. The Balaban J connectivity index is 1.45. The van der Waals surface area contributed by atoms with Crippen LogP contribution in [0.2, 0.25) is 0 Å². The minimum Gasteiger partial charge on any atom is -0.481 e. The molecule has 124 valence electrons. The number of allylic oxidation sites excluding steroid dienone is 2. The Hall–Kier alpha value is -0.520. The van der Waals surface area contributed by atoms with Crippen LogP contribution in [0.4, 0.5) is 0 Å². The Morgan fingerprint density at radius 3 is 2.59 bits per heavy atom. The highest BCUT2D eigenvalue weighted by Crippen LogP contribution is 2.55. The molecule has 0 radical (unpaired) electrons. The average Bonchev–Trinajstić information content (AvgIpc) is 3.12. The number of fused-ring (bicyclic) bond motifs is 5. The molecule has 3 rings (SSSR count). The van der Waals surface area contributed by atoms with Crippen molar-refractivity contribution in [2.24, 2.45) is 11.8 Å². The van der Waals surface area contributed by atoms with Gasteiger partial charge < -0.3 is 14.6 Å². The van der Waals surface area contributed by atoms with Gasteiger partial charge in [0.1, 0.15) is 12.2 Å². The molecule has 0 amide bonds. The van der Waals surface area contributed by atoms with Gasteiger partial charge in [0, 0.05) is 12.3 Å². The van der Waals surface area contributed by atoms with Crippen LogP contribution in [0.25, 0.3) is 0 Å². The van der Waals surface area contributed by atoms with E-state index in [1.807, 2.05) is 11.8 Å². The highest BCUT2D eigenvalue weighted by Gasteiger charge is 2.68. The smallest absolute Gasteiger partial charge is 0.303 e. The van der Waals surface area contributed by atoms with Gasteiger partial charge in [-0.05, 0) is 43.1 Å². The van der Waals surface area contributed by atoms with E-state index in [2.05, 4.69) is 19.1 Å². The summed E-state index contributed by atoms with van der Waals surface area (Å²) in [6.45, 7) is 2.22. The monoisotopic (exact) mass is 326 g/mol. The number of carboxylic acids is 1. The number of ether oxygens (including phenoxy) is 2. The second-order valence-electron chi connectivity index (χ2n) is 6.53. The lowest BCUT2D eigenvalue weighted by Gasteiger charge is -2.24. The summed E-state index contributed by atoms with van der Waals surface area (Å²) in [6.07, 6.45) is 9.83. The van der Waals surface area contributed by atoms with Gasteiger partial charge in [-0.15, -0.1) is 0 Å². The zero-order valence-corrected chi connectivity index (χ0v) is 14.0. The maximum Gasteiger partial charge on any atom is 0.303 e. The average molecular weight is 326 g/mol. The number of carboxylic acid groups (broad SMARTS) is 1. The van der Waals surface area contributed by atoms with Crippen LogP contribution in [-0.2, 0) is 14.3 Å². The largest absolute Gasteiger partial charge is 0.481 e. The third kappa shape index (κ3) is 3.52. The summed E-state index contributed by atoms with van der Waals surface area (Å²) < 4.78 is 11.9. The van der Waals surface area contributed by atoms with E-state index in [0.717, 1.165) is 19.3 Å². The molecule has 3 fully saturated rings. The molecule has 3 heterocycles. The Kier molecular flexibility index (Phi) is 5.47. The fourth-order valence-corrected chi connectivity index (χ4v) is 4.98. The Morgan fingerprint density at radius 2 is 1.86 bits per heavy atom. The van der Waals surface area contributed by atoms with E-state index in [-0.39, 0.29) is 6.42 Å². The van der Waals surface area contributed by atoms with Gasteiger partial charge in [-0.25, -0.2) is 0 Å². The molecule has 22 heavy (non-hydrogen) atoms. The molecule has 0 aromatic rings. The predicted octanol–water partition coefficient (Wildman–Crippen LogP) is 3.11. The van der Waals surface area contributed by atoms with Crippen LogP contribution in [0.5, 0.6) is 0 Å². The van der Waals surface area contributed by atoms with Crippen molar-refractivity contribution in [3.05, 3.63) is 12.2 Å². The Bertz CT molecular complexity index is 425. The molecule has 5 heteroatoms. The second-order valence-corrected chi connectivity index (χ2v) is 7.68. The summed E-state index contributed by atoms with van der Waals surface area (Å²) in [7, 11) is 0. The molecule has 0 aliphatic carbocycles.